The van der Waals surface area contributed by atoms with Crippen LogP contribution in [-0.4, -0.2) is 46.4 Å². The number of hydrogen-bond acceptors (Lipinski definition) is 3. The van der Waals surface area contributed by atoms with Crippen molar-refractivity contribution in [2.75, 3.05) is 18.9 Å². The zero-order chi connectivity index (χ0) is 17.9. The van der Waals surface area contributed by atoms with Gasteiger partial charge in [0.2, 0.25) is 5.91 Å². The van der Waals surface area contributed by atoms with E-state index in [1.54, 1.807) is 35.3 Å². The van der Waals surface area contributed by atoms with Crippen LogP contribution in [0.25, 0.3) is 5.69 Å². The molecule has 8 heteroatoms. The summed E-state index contributed by atoms with van der Waals surface area (Å²) in [6, 6.07) is 6.22. The van der Waals surface area contributed by atoms with Crippen molar-refractivity contribution in [3.8, 4) is 5.69 Å². The van der Waals surface area contributed by atoms with Crippen molar-refractivity contribution in [3.63, 3.8) is 0 Å². The van der Waals surface area contributed by atoms with Crippen molar-refractivity contribution in [1.82, 2.24) is 14.7 Å². The molecule has 1 heterocycles. The number of benzene rings is 1. The maximum Gasteiger partial charge on any atom is 0.401 e. The fraction of sp³-hybridized carbons (Fsp3) is 0.375. The molecule has 130 valence electrons. The van der Waals surface area contributed by atoms with E-state index in [1.165, 1.54) is 14.0 Å². The van der Waals surface area contributed by atoms with Gasteiger partial charge in [-0.1, -0.05) is 0 Å². The number of nitrogens with zero attached hydrogens (tertiary/aromatic N) is 3. The first-order valence-corrected chi connectivity index (χ1v) is 7.36. The second-order valence-electron chi connectivity index (χ2n) is 5.65. The molecule has 2 aromatic rings. The van der Waals surface area contributed by atoms with Gasteiger partial charge in [-0.3, -0.25) is 9.69 Å². The zero-order valence-corrected chi connectivity index (χ0v) is 13.6. The van der Waals surface area contributed by atoms with Gasteiger partial charge in [-0.2, -0.15) is 18.3 Å². The van der Waals surface area contributed by atoms with Crippen LogP contribution in [0.3, 0.4) is 0 Å². The number of aromatic nitrogens is 2. The summed E-state index contributed by atoms with van der Waals surface area (Å²) in [5, 5.41) is 6.79. The molecule has 2 rings (SSSR count). The van der Waals surface area contributed by atoms with Crippen molar-refractivity contribution in [3.05, 3.63) is 42.2 Å². The first kappa shape index (κ1) is 18.0. The van der Waals surface area contributed by atoms with Crippen molar-refractivity contribution < 1.29 is 18.0 Å². The highest BCUT2D eigenvalue weighted by atomic mass is 19.4. The number of carbonyl (C=O) groups is 1. The number of nitrogens with one attached hydrogen (secondary N) is 1. The highest BCUT2D eigenvalue weighted by Crippen LogP contribution is 2.20. The van der Waals surface area contributed by atoms with E-state index in [-0.39, 0.29) is 0 Å². The van der Waals surface area contributed by atoms with Gasteiger partial charge in [0.25, 0.3) is 0 Å². The molecule has 1 unspecified atom stereocenters. The second kappa shape index (κ2) is 7.04. The van der Waals surface area contributed by atoms with Crippen LogP contribution in [0.1, 0.15) is 12.5 Å². The number of amides is 1. The van der Waals surface area contributed by atoms with E-state index in [4.69, 9.17) is 0 Å². The Morgan fingerprint density at radius 3 is 2.67 bits per heavy atom. The number of alkyl halides is 3. The molecule has 1 atom stereocenters. The quantitative estimate of drug-likeness (QED) is 0.910. The van der Waals surface area contributed by atoms with Gasteiger partial charge in [-0.15, -0.1) is 0 Å². The molecule has 0 fully saturated rings. The Balaban J connectivity index is 2.06. The zero-order valence-electron chi connectivity index (χ0n) is 13.6. The summed E-state index contributed by atoms with van der Waals surface area (Å²) in [6.45, 7) is 2.11. The average molecular weight is 340 g/mol. The minimum absolute atomic E-state index is 0.489. The van der Waals surface area contributed by atoms with E-state index in [9.17, 15) is 18.0 Å². The van der Waals surface area contributed by atoms with Crippen LogP contribution in [0, 0.1) is 6.92 Å². The molecule has 0 aliphatic heterocycles. The molecule has 0 saturated carbocycles. The first-order chi connectivity index (χ1) is 11.2. The highest BCUT2D eigenvalue weighted by molar-refractivity contribution is 5.95. The van der Waals surface area contributed by atoms with E-state index in [0.29, 0.717) is 5.69 Å². The van der Waals surface area contributed by atoms with Gasteiger partial charge in [0.15, 0.2) is 0 Å². The smallest absolute Gasteiger partial charge is 0.324 e. The van der Waals surface area contributed by atoms with Crippen LogP contribution >= 0.6 is 0 Å². The van der Waals surface area contributed by atoms with Gasteiger partial charge in [-0.05, 0) is 50.7 Å². The third-order valence-electron chi connectivity index (χ3n) is 3.71. The predicted octanol–water partition coefficient (Wildman–Crippen LogP) is 3.00. The molecule has 0 spiro atoms. The number of carbonyl (C=O) groups excluding carboxylic acids is 1. The summed E-state index contributed by atoms with van der Waals surface area (Å²) >= 11 is 0. The summed E-state index contributed by atoms with van der Waals surface area (Å²) in [5.41, 5.74) is 2.18. The molecule has 0 bridgehead atoms. The number of aryl methyl sites for hydroxylation is 1. The third kappa shape index (κ3) is 4.58. The van der Waals surface area contributed by atoms with E-state index >= 15 is 0 Å². The van der Waals surface area contributed by atoms with Crippen LogP contribution in [0.5, 0.6) is 0 Å². The highest BCUT2D eigenvalue weighted by Gasteiger charge is 2.32. The molecule has 1 aromatic heterocycles. The van der Waals surface area contributed by atoms with Crippen molar-refractivity contribution in [2.24, 2.45) is 0 Å². The summed E-state index contributed by atoms with van der Waals surface area (Å²) in [6.07, 6.45) is -0.894. The monoisotopic (exact) mass is 340 g/mol. The Labute approximate surface area is 138 Å². The van der Waals surface area contributed by atoms with E-state index in [0.717, 1.165) is 16.2 Å². The fourth-order valence-corrected chi connectivity index (χ4v) is 2.21. The molecule has 24 heavy (non-hydrogen) atoms. The average Bonchev–Trinajstić information content (AvgIpc) is 3.00. The van der Waals surface area contributed by atoms with Gasteiger partial charge in [0.1, 0.15) is 0 Å². The summed E-state index contributed by atoms with van der Waals surface area (Å²) in [5.74, 6) is -0.489. The maximum atomic E-state index is 12.4. The third-order valence-corrected chi connectivity index (χ3v) is 3.71. The largest absolute Gasteiger partial charge is 0.401 e. The lowest BCUT2D eigenvalue weighted by molar-refractivity contribution is -0.149. The van der Waals surface area contributed by atoms with Gasteiger partial charge in [-0.25, -0.2) is 4.68 Å². The Hall–Kier alpha value is -2.35. The van der Waals surface area contributed by atoms with Crippen LogP contribution in [-0.2, 0) is 4.79 Å². The molecule has 0 aliphatic carbocycles. The molecular formula is C16H19F3N4O. The topological polar surface area (TPSA) is 50.2 Å². The van der Waals surface area contributed by atoms with E-state index in [2.05, 4.69) is 10.4 Å². The minimum atomic E-state index is -4.34. The molecule has 1 amide bonds. The number of hydrogen-bond donors (Lipinski definition) is 1. The van der Waals surface area contributed by atoms with Gasteiger partial charge < -0.3 is 5.32 Å². The van der Waals surface area contributed by atoms with Gasteiger partial charge >= 0.3 is 6.18 Å². The summed E-state index contributed by atoms with van der Waals surface area (Å²) in [7, 11) is 1.27. The number of rotatable bonds is 5. The molecule has 1 N–H and O–H groups in total. The first-order valence-electron chi connectivity index (χ1n) is 7.36. The fourth-order valence-electron chi connectivity index (χ4n) is 2.21. The molecular weight excluding hydrogens is 321 g/mol. The maximum absolute atomic E-state index is 12.4. The van der Waals surface area contributed by atoms with Crippen molar-refractivity contribution in [1.29, 1.82) is 0 Å². The van der Waals surface area contributed by atoms with Crippen LogP contribution < -0.4 is 5.32 Å². The van der Waals surface area contributed by atoms with Crippen LogP contribution in [0.15, 0.2) is 36.7 Å². The lowest BCUT2D eigenvalue weighted by atomic mass is 10.1. The SMILES string of the molecule is Cc1cc(-n2cccn2)ccc1NC(=O)C(C)N(C)CC(F)(F)F. The minimum Gasteiger partial charge on any atom is -0.324 e. The Kier molecular flexibility index (Phi) is 5.28. The molecule has 1 aromatic carbocycles. The number of halogens is 3. The summed E-state index contributed by atoms with van der Waals surface area (Å²) < 4.78 is 38.9. The van der Waals surface area contributed by atoms with Crippen LogP contribution in [0.2, 0.25) is 0 Å². The Morgan fingerprint density at radius 1 is 1.42 bits per heavy atom. The summed E-state index contributed by atoms with van der Waals surface area (Å²) in [4.78, 5) is 13.1. The van der Waals surface area contributed by atoms with Gasteiger partial charge in [0, 0.05) is 18.1 Å². The molecule has 5 nitrogen and oxygen atoms in total. The van der Waals surface area contributed by atoms with Crippen LogP contribution in [0.4, 0.5) is 18.9 Å². The standard InChI is InChI=1S/C16H19F3N4O/c1-11-9-13(23-8-4-7-20-23)5-6-14(11)21-15(24)12(2)22(3)10-16(17,18)19/h4-9,12H,10H2,1-3H3,(H,21,24). The van der Waals surface area contributed by atoms with Crippen molar-refractivity contribution >= 4 is 11.6 Å². The number of anilines is 1. The number of likely N-dealkylation sites (N-methyl/N-ethyl adjacent to an activating group) is 1. The second-order valence-corrected chi connectivity index (χ2v) is 5.65. The molecule has 0 radical (unpaired) electrons. The Morgan fingerprint density at radius 2 is 2.12 bits per heavy atom. The lowest BCUT2D eigenvalue weighted by Gasteiger charge is -2.25. The Bertz CT molecular complexity index is 698. The van der Waals surface area contributed by atoms with Gasteiger partial charge in [0.05, 0.1) is 18.3 Å². The van der Waals surface area contributed by atoms with E-state index < -0.39 is 24.7 Å². The van der Waals surface area contributed by atoms with Crippen molar-refractivity contribution in [2.45, 2.75) is 26.1 Å². The van der Waals surface area contributed by atoms with E-state index in [1.807, 2.05) is 13.0 Å². The molecule has 0 aliphatic rings. The normalized spacial score (nSPS) is 13.1. The lowest BCUT2D eigenvalue weighted by Crippen LogP contribution is -2.44. The predicted molar refractivity (Wildman–Crippen MR) is 85.1 cm³/mol. The molecule has 0 saturated heterocycles.